The minimum absolute atomic E-state index is 0.0970. The van der Waals surface area contributed by atoms with Crippen LogP contribution in [-0.4, -0.2) is 78.8 Å². The van der Waals surface area contributed by atoms with Gasteiger partial charge in [0.15, 0.2) is 0 Å². The minimum Gasteiger partial charge on any atom is -0.490 e. The van der Waals surface area contributed by atoms with Gasteiger partial charge in [-0.05, 0) is 104 Å². The molecule has 1 fully saturated rings. The molecule has 256 valence electrons. The van der Waals surface area contributed by atoms with Crippen LogP contribution in [0.25, 0.3) is 0 Å². The number of aromatic nitrogens is 2. The number of fused-ring (bicyclic) bond motifs is 3. The molecule has 2 aromatic carbocycles. The Morgan fingerprint density at radius 1 is 1.12 bits per heavy atom. The van der Waals surface area contributed by atoms with Gasteiger partial charge in [-0.25, -0.2) is 23.2 Å². The van der Waals surface area contributed by atoms with E-state index in [4.69, 9.17) is 16.3 Å². The number of amides is 1. The van der Waals surface area contributed by atoms with Crippen molar-refractivity contribution in [1.29, 1.82) is 0 Å². The summed E-state index contributed by atoms with van der Waals surface area (Å²) >= 11 is 6.39. The Kier molecular flexibility index (Phi) is 9.73. The second kappa shape index (κ2) is 13.7. The first-order valence-electron chi connectivity index (χ1n) is 16.7. The first-order chi connectivity index (χ1) is 22.9. The molecule has 3 aliphatic rings. The third kappa shape index (κ3) is 6.76. The van der Waals surface area contributed by atoms with Crippen LogP contribution in [0.1, 0.15) is 67.4 Å². The molecule has 10 nitrogen and oxygen atoms in total. The zero-order valence-electron chi connectivity index (χ0n) is 27.6. The molecule has 0 radical (unpaired) electrons. The molecular weight excluding hydrogens is 652 g/mol. The molecule has 0 bridgehead atoms. The molecule has 1 aliphatic heterocycles. The van der Waals surface area contributed by atoms with Crippen molar-refractivity contribution in [3.63, 3.8) is 0 Å². The Labute approximate surface area is 287 Å². The standard InChI is InChI=1S/C36H43ClN4O6S/c1-23(24(2)48(45,46)35-38-14-5-15-39-35)16-33(42)40(3)19-27-7-8-28(27)20-41-21-36(13-4-6-25-17-29(37)10-11-30(25)36)22-47-32-12-9-26(34(43)44)18-31(32)41/h5,9-12,14-15,17-18,23-24,27-28H,4,6-8,13,16,19-22H2,1-3H3,(H,43,44)/t23-,24-,27-,28-,36?/m0/s1. The number of halogens is 1. The van der Waals surface area contributed by atoms with Crippen molar-refractivity contribution in [2.45, 2.75) is 68.2 Å². The number of anilines is 1. The number of hydrogen-bond donors (Lipinski definition) is 1. The zero-order valence-corrected chi connectivity index (χ0v) is 29.2. The number of sulfone groups is 1. The van der Waals surface area contributed by atoms with Gasteiger partial charge in [0.1, 0.15) is 5.75 Å². The monoisotopic (exact) mass is 694 g/mol. The molecule has 1 aromatic heterocycles. The van der Waals surface area contributed by atoms with E-state index in [1.54, 1.807) is 50.1 Å². The summed E-state index contributed by atoms with van der Waals surface area (Å²) in [5.41, 5.74) is 3.21. The number of carbonyl (C=O) groups excluding carboxylic acids is 1. The predicted octanol–water partition coefficient (Wildman–Crippen LogP) is 5.67. The molecular formula is C36H43ClN4O6S. The fourth-order valence-electron chi connectivity index (χ4n) is 7.60. The van der Waals surface area contributed by atoms with E-state index in [0.717, 1.165) is 42.8 Å². The fraction of sp³-hybridized carbons (Fsp3) is 0.500. The van der Waals surface area contributed by atoms with Crippen molar-refractivity contribution in [2.24, 2.45) is 17.8 Å². The molecule has 48 heavy (non-hydrogen) atoms. The van der Waals surface area contributed by atoms with E-state index in [0.29, 0.717) is 32.0 Å². The summed E-state index contributed by atoms with van der Waals surface area (Å²) in [6, 6.07) is 12.8. The van der Waals surface area contributed by atoms with Gasteiger partial charge in [-0.2, -0.15) is 0 Å². The molecule has 12 heteroatoms. The fourth-order valence-corrected chi connectivity index (χ4v) is 9.25. The van der Waals surface area contributed by atoms with Gasteiger partial charge < -0.3 is 19.6 Å². The Bertz CT molecular complexity index is 1790. The van der Waals surface area contributed by atoms with Crippen LogP contribution in [0.5, 0.6) is 5.75 Å². The van der Waals surface area contributed by atoms with Gasteiger partial charge in [0.25, 0.3) is 0 Å². The van der Waals surface area contributed by atoms with E-state index in [2.05, 4.69) is 27.0 Å². The topological polar surface area (TPSA) is 130 Å². The number of benzene rings is 2. The summed E-state index contributed by atoms with van der Waals surface area (Å²) in [6.07, 6.45) is 7.80. The maximum Gasteiger partial charge on any atom is 0.335 e. The van der Waals surface area contributed by atoms with E-state index in [9.17, 15) is 23.1 Å². The van der Waals surface area contributed by atoms with Crippen LogP contribution >= 0.6 is 11.6 Å². The molecule has 1 spiro atoms. The number of aryl methyl sites for hydroxylation is 1. The van der Waals surface area contributed by atoms with Crippen LogP contribution in [0.4, 0.5) is 5.69 Å². The number of aromatic carboxylic acids is 1. The lowest BCUT2D eigenvalue weighted by atomic mass is 9.69. The second-order valence-corrected chi connectivity index (χ2v) is 16.6. The molecule has 1 N–H and O–H groups in total. The van der Waals surface area contributed by atoms with Crippen molar-refractivity contribution in [3.05, 3.63) is 76.6 Å². The van der Waals surface area contributed by atoms with Crippen molar-refractivity contribution in [2.75, 3.05) is 38.2 Å². The predicted molar refractivity (Wildman–Crippen MR) is 183 cm³/mol. The van der Waals surface area contributed by atoms with Crippen molar-refractivity contribution in [1.82, 2.24) is 14.9 Å². The van der Waals surface area contributed by atoms with Gasteiger partial charge >= 0.3 is 5.97 Å². The molecule has 6 rings (SSSR count). The third-order valence-corrected chi connectivity index (χ3v) is 13.2. The van der Waals surface area contributed by atoms with Crippen LogP contribution in [0, 0.1) is 17.8 Å². The van der Waals surface area contributed by atoms with Crippen molar-refractivity contribution in [3.8, 4) is 5.75 Å². The molecule has 3 aromatic rings. The number of carboxylic acid groups (broad SMARTS) is 1. The quantitative estimate of drug-likeness (QED) is 0.267. The van der Waals surface area contributed by atoms with E-state index in [-0.39, 0.29) is 40.3 Å². The molecule has 1 amide bonds. The average molecular weight is 695 g/mol. The van der Waals surface area contributed by atoms with E-state index in [1.807, 2.05) is 6.07 Å². The smallest absolute Gasteiger partial charge is 0.335 e. The van der Waals surface area contributed by atoms with Gasteiger partial charge in [0.05, 0.1) is 23.1 Å². The lowest BCUT2D eigenvalue weighted by Gasteiger charge is -2.45. The van der Waals surface area contributed by atoms with Crippen molar-refractivity contribution < 1.29 is 27.9 Å². The first-order valence-corrected chi connectivity index (χ1v) is 18.6. The largest absolute Gasteiger partial charge is 0.490 e. The second-order valence-electron chi connectivity index (χ2n) is 13.9. The van der Waals surface area contributed by atoms with Gasteiger partial charge in [-0.3, -0.25) is 4.79 Å². The van der Waals surface area contributed by atoms with Crippen LogP contribution in [-0.2, 0) is 26.5 Å². The number of hydrogen-bond acceptors (Lipinski definition) is 8. The number of rotatable bonds is 10. The highest BCUT2D eigenvalue weighted by Crippen LogP contribution is 2.46. The summed E-state index contributed by atoms with van der Waals surface area (Å²) in [5.74, 6) is -0.273. The highest BCUT2D eigenvalue weighted by atomic mass is 35.5. The molecule has 5 atom stereocenters. The summed E-state index contributed by atoms with van der Waals surface area (Å²) in [5, 5.41) is 9.51. The SMILES string of the molecule is C[C@@H](CC(=O)N(C)C[C@@H]1CC[C@H]1CN1CC2(CCCc3cc(Cl)ccc32)COc2ccc(C(=O)O)cc21)[C@H](C)S(=O)(=O)c1ncccn1. The minimum atomic E-state index is -3.77. The van der Waals surface area contributed by atoms with E-state index < -0.39 is 27.0 Å². The normalized spacial score (nSPS) is 23.1. The number of carbonyl (C=O) groups is 2. The highest BCUT2D eigenvalue weighted by Gasteiger charge is 2.44. The molecule has 0 saturated heterocycles. The molecule has 1 unspecified atom stereocenters. The lowest BCUT2D eigenvalue weighted by molar-refractivity contribution is -0.132. The summed E-state index contributed by atoms with van der Waals surface area (Å²) in [7, 11) is -1.98. The Hall–Kier alpha value is -3.70. The zero-order chi connectivity index (χ0) is 34.2. The summed E-state index contributed by atoms with van der Waals surface area (Å²) in [4.78, 5) is 37.2. The molecule has 2 heterocycles. The maximum atomic E-state index is 13.4. The van der Waals surface area contributed by atoms with Crippen LogP contribution < -0.4 is 9.64 Å². The van der Waals surface area contributed by atoms with Crippen LogP contribution in [0.3, 0.4) is 0 Å². The van der Waals surface area contributed by atoms with E-state index in [1.165, 1.54) is 23.5 Å². The Balaban J connectivity index is 1.17. The van der Waals surface area contributed by atoms with Gasteiger partial charge in [0.2, 0.25) is 20.9 Å². The summed E-state index contributed by atoms with van der Waals surface area (Å²) in [6.45, 7) is 5.84. The van der Waals surface area contributed by atoms with Gasteiger partial charge in [0, 0.05) is 55.9 Å². The van der Waals surface area contributed by atoms with Crippen molar-refractivity contribution >= 4 is 39.0 Å². The van der Waals surface area contributed by atoms with Crippen LogP contribution in [0.2, 0.25) is 5.02 Å². The number of ether oxygens (including phenoxy) is 1. The average Bonchev–Trinajstić information content (AvgIpc) is 3.22. The summed E-state index contributed by atoms with van der Waals surface area (Å²) < 4.78 is 32.6. The molecule has 2 aliphatic carbocycles. The highest BCUT2D eigenvalue weighted by molar-refractivity contribution is 7.91. The number of nitrogens with zero attached hydrogens (tertiary/aromatic N) is 4. The molecule has 1 saturated carbocycles. The third-order valence-electron chi connectivity index (χ3n) is 10.8. The van der Waals surface area contributed by atoms with E-state index >= 15 is 0 Å². The van der Waals surface area contributed by atoms with Gasteiger partial charge in [-0.15, -0.1) is 0 Å². The Morgan fingerprint density at radius 2 is 1.88 bits per heavy atom. The van der Waals surface area contributed by atoms with Crippen LogP contribution in [0.15, 0.2) is 60.0 Å². The number of carboxylic acids is 1. The lowest BCUT2D eigenvalue weighted by Crippen LogP contribution is -2.49. The maximum absolute atomic E-state index is 13.4. The van der Waals surface area contributed by atoms with Gasteiger partial charge in [-0.1, -0.05) is 24.6 Å². The Morgan fingerprint density at radius 3 is 2.58 bits per heavy atom. The first kappa shape index (κ1) is 34.2.